The van der Waals surface area contributed by atoms with Crippen molar-refractivity contribution in [1.82, 2.24) is 14.6 Å². The second-order valence-electron chi connectivity index (χ2n) is 4.99. The maximum absolute atomic E-state index is 11.9. The van der Waals surface area contributed by atoms with Crippen LogP contribution in [0, 0.1) is 0 Å². The topological polar surface area (TPSA) is 96.6 Å². The van der Waals surface area contributed by atoms with Gasteiger partial charge >= 0.3 is 5.97 Å². The van der Waals surface area contributed by atoms with Gasteiger partial charge in [0.25, 0.3) is 0 Å². The van der Waals surface area contributed by atoms with Crippen molar-refractivity contribution in [3.8, 4) is 0 Å². The fourth-order valence-corrected chi connectivity index (χ4v) is 2.16. The number of carboxylic acids is 1. The summed E-state index contributed by atoms with van der Waals surface area (Å²) in [7, 11) is 0. The van der Waals surface area contributed by atoms with Crippen LogP contribution in [0.3, 0.4) is 0 Å². The summed E-state index contributed by atoms with van der Waals surface area (Å²) >= 11 is 0. The molecular weight excluding hydrogens is 296 g/mol. The molecule has 116 valence electrons. The lowest BCUT2D eigenvalue weighted by Crippen LogP contribution is -2.13. The number of nitrogens with one attached hydrogen (secondary N) is 1. The van der Waals surface area contributed by atoms with Crippen LogP contribution in [0.1, 0.15) is 22.3 Å². The van der Waals surface area contributed by atoms with E-state index in [4.69, 9.17) is 5.11 Å². The number of rotatable bonds is 5. The highest BCUT2D eigenvalue weighted by Gasteiger charge is 2.10. The van der Waals surface area contributed by atoms with E-state index in [0.717, 1.165) is 5.56 Å². The Morgan fingerprint density at radius 1 is 1.17 bits per heavy atom. The number of nitrogens with zero attached hydrogens (tertiary/aromatic N) is 3. The monoisotopic (exact) mass is 310 g/mol. The van der Waals surface area contributed by atoms with Crippen LogP contribution in [0.25, 0.3) is 5.65 Å². The van der Waals surface area contributed by atoms with Gasteiger partial charge in [-0.3, -0.25) is 10.1 Å². The Balaban J connectivity index is 1.66. The maximum Gasteiger partial charge on any atom is 0.335 e. The van der Waals surface area contributed by atoms with E-state index < -0.39 is 5.97 Å². The van der Waals surface area contributed by atoms with Crippen molar-refractivity contribution in [2.45, 2.75) is 12.8 Å². The summed E-state index contributed by atoms with van der Waals surface area (Å²) in [4.78, 5) is 27.0. The first kappa shape index (κ1) is 14.7. The zero-order valence-corrected chi connectivity index (χ0v) is 12.1. The van der Waals surface area contributed by atoms with Crippen LogP contribution in [0.2, 0.25) is 0 Å². The number of aryl methyl sites for hydroxylation is 1. The first-order valence-corrected chi connectivity index (χ1v) is 7.05. The molecule has 23 heavy (non-hydrogen) atoms. The molecule has 0 bridgehead atoms. The van der Waals surface area contributed by atoms with Crippen LogP contribution in [-0.4, -0.2) is 31.6 Å². The van der Waals surface area contributed by atoms with Crippen LogP contribution < -0.4 is 5.32 Å². The van der Waals surface area contributed by atoms with E-state index in [1.165, 1.54) is 22.8 Å². The predicted molar refractivity (Wildman–Crippen MR) is 83.3 cm³/mol. The van der Waals surface area contributed by atoms with Gasteiger partial charge in [0.15, 0.2) is 5.65 Å². The maximum atomic E-state index is 11.9. The molecule has 0 radical (unpaired) electrons. The molecule has 2 aromatic heterocycles. The van der Waals surface area contributed by atoms with Gasteiger partial charge < -0.3 is 5.11 Å². The summed E-state index contributed by atoms with van der Waals surface area (Å²) in [6.45, 7) is 0. The number of hydrogen-bond acceptors (Lipinski definition) is 4. The molecule has 0 spiro atoms. The Labute approximate surface area is 131 Å². The lowest BCUT2D eigenvalue weighted by molar-refractivity contribution is -0.116. The standard InChI is InChI=1S/C16H14N4O3/c21-14(7-6-11-4-2-1-3-5-11)18-16-17-13-10-12(15(22)23)8-9-20(13)19-16/h1-5,8-10H,6-7H2,(H,22,23)(H,18,19,21). The highest BCUT2D eigenvalue weighted by Crippen LogP contribution is 2.09. The van der Waals surface area contributed by atoms with Crippen LogP contribution in [0.4, 0.5) is 5.95 Å². The number of anilines is 1. The fourth-order valence-electron chi connectivity index (χ4n) is 2.16. The zero-order valence-electron chi connectivity index (χ0n) is 12.1. The average Bonchev–Trinajstić information content (AvgIpc) is 2.95. The number of carbonyl (C=O) groups is 2. The lowest BCUT2D eigenvalue weighted by Gasteiger charge is -2.01. The number of hydrogen-bond donors (Lipinski definition) is 2. The molecule has 2 heterocycles. The molecular formula is C16H14N4O3. The first-order chi connectivity index (χ1) is 11.1. The Hall–Kier alpha value is -3.22. The van der Waals surface area contributed by atoms with Crippen molar-refractivity contribution >= 4 is 23.5 Å². The van der Waals surface area contributed by atoms with Crippen LogP contribution in [0.15, 0.2) is 48.7 Å². The van der Waals surface area contributed by atoms with Gasteiger partial charge in [-0.25, -0.2) is 9.31 Å². The van der Waals surface area contributed by atoms with Crippen molar-refractivity contribution in [1.29, 1.82) is 0 Å². The summed E-state index contributed by atoms with van der Waals surface area (Å²) in [5.74, 6) is -1.07. The summed E-state index contributed by atoms with van der Waals surface area (Å²) in [5, 5.41) is 15.7. The van der Waals surface area contributed by atoms with Crippen molar-refractivity contribution < 1.29 is 14.7 Å². The normalized spacial score (nSPS) is 10.6. The van der Waals surface area contributed by atoms with E-state index in [1.807, 2.05) is 30.3 Å². The van der Waals surface area contributed by atoms with E-state index in [-0.39, 0.29) is 17.4 Å². The van der Waals surface area contributed by atoms with Gasteiger partial charge in [-0.1, -0.05) is 30.3 Å². The van der Waals surface area contributed by atoms with Gasteiger partial charge in [0.05, 0.1) is 5.56 Å². The predicted octanol–water partition coefficient (Wildman–Crippen LogP) is 2.00. The summed E-state index contributed by atoms with van der Waals surface area (Å²) in [6.07, 6.45) is 2.44. The Morgan fingerprint density at radius 3 is 2.70 bits per heavy atom. The van der Waals surface area contributed by atoms with Crippen molar-refractivity contribution in [3.63, 3.8) is 0 Å². The number of fused-ring (bicyclic) bond motifs is 1. The summed E-state index contributed by atoms with van der Waals surface area (Å²) in [5.41, 5.74) is 1.56. The van der Waals surface area contributed by atoms with Crippen molar-refractivity contribution in [2.75, 3.05) is 5.32 Å². The first-order valence-electron chi connectivity index (χ1n) is 7.05. The summed E-state index contributed by atoms with van der Waals surface area (Å²) in [6, 6.07) is 12.5. The molecule has 7 heteroatoms. The number of benzene rings is 1. The van der Waals surface area contributed by atoms with Crippen LogP contribution >= 0.6 is 0 Å². The van der Waals surface area contributed by atoms with Gasteiger partial charge in [0.2, 0.25) is 11.9 Å². The molecule has 2 N–H and O–H groups in total. The van der Waals surface area contributed by atoms with E-state index >= 15 is 0 Å². The molecule has 0 aliphatic carbocycles. The van der Waals surface area contributed by atoms with E-state index in [2.05, 4.69) is 15.4 Å². The Kier molecular flexibility index (Phi) is 4.01. The molecule has 0 unspecified atom stereocenters. The quantitative estimate of drug-likeness (QED) is 0.751. The van der Waals surface area contributed by atoms with E-state index in [0.29, 0.717) is 18.5 Å². The minimum atomic E-state index is -1.04. The van der Waals surface area contributed by atoms with E-state index in [1.54, 1.807) is 0 Å². The smallest absolute Gasteiger partial charge is 0.335 e. The second-order valence-corrected chi connectivity index (χ2v) is 4.99. The second kappa shape index (κ2) is 6.27. The molecule has 0 saturated carbocycles. The Morgan fingerprint density at radius 2 is 1.96 bits per heavy atom. The molecule has 7 nitrogen and oxygen atoms in total. The molecule has 1 amide bonds. The van der Waals surface area contributed by atoms with Gasteiger partial charge in [0, 0.05) is 12.6 Å². The van der Waals surface area contributed by atoms with Crippen molar-refractivity contribution in [3.05, 3.63) is 59.8 Å². The molecule has 0 fully saturated rings. The van der Waals surface area contributed by atoms with Gasteiger partial charge in [-0.05, 0) is 24.1 Å². The SMILES string of the molecule is O=C(CCc1ccccc1)Nc1nc2cc(C(=O)O)ccn2n1. The molecule has 3 rings (SSSR count). The van der Waals surface area contributed by atoms with Gasteiger partial charge in [-0.2, -0.15) is 4.98 Å². The zero-order chi connectivity index (χ0) is 16.2. The van der Waals surface area contributed by atoms with E-state index in [9.17, 15) is 9.59 Å². The molecule has 0 aliphatic heterocycles. The Bertz CT molecular complexity index is 858. The average molecular weight is 310 g/mol. The molecule has 0 saturated heterocycles. The van der Waals surface area contributed by atoms with Crippen molar-refractivity contribution in [2.24, 2.45) is 0 Å². The molecule has 1 aromatic carbocycles. The highest BCUT2D eigenvalue weighted by molar-refractivity contribution is 5.90. The van der Waals surface area contributed by atoms with Crippen LogP contribution in [0.5, 0.6) is 0 Å². The number of carbonyl (C=O) groups excluding carboxylic acids is 1. The highest BCUT2D eigenvalue weighted by atomic mass is 16.4. The number of aromatic nitrogens is 3. The lowest BCUT2D eigenvalue weighted by atomic mass is 10.1. The third-order valence-corrected chi connectivity index (χ3v) is 3.32. The number of pyridine rings is 1. The molecule has 0 atom stereocenters. The fraction of sp³-hybridized carbons (Fsp3) is 0.125. The summed E-state index contributed by atoms with van der Waals surface area (Å²) < 4.78 is 1.42. The van der Waals surface area contributed by atoms with Crippen LogP contribution in [-0.2, 0) is 11.2 Å². The largest absolute Gasteiger partial charge is 0.478 e. The third-order valence-electron chi connectivity index (χ3n) is 3.32. The third kappa shape index (κ3) is 3.52. The van der Waals surface area contributed by atoms with Gasteiger partial charge in [0.1, 0.15) is 0 Å². The van der Waals surface area contributed by atoms with Gasteiger partial charge in [-0.15, -0.1) is 5.10 Å². The minimum Gasteiger partial charge on any atom is -0.478 e. The number of aromatic carboxylic acids is 1. The minimum absolute atomic E-state index is 0.117. The number of amides is 1. The molecule has 0 aliphatic rings. The number of carboxylic acid groups (broad SMARTS) is 1. The molecule has 3 aromatic rings.